The Hall–Kier alpha value is -2.48. The summed E-state index contributed by atoms with van der Waals surface area (Å²) in [5.74, 6) is 1.03. The zero-order valence-electron chi connectivity index (χ0n) is 13.4. The number of hydrogen-bond acceptors (Lipinski definition) is 2. The van der Waals surface area contributed by atoms with E-state index in [-0.39, 0.29) is 5.41 Å². The van der Waals surface area contributed by atoms with Gasteiger partial charge in [0.1, 0.15) is 11.3 Å². The number of furan rings is 1. The van der Waals surface area contributed by atoms with Crippen molar-refractivity contribution in [2.24, 2.45) is 5.41 Å². The van der Waals surface area contributed by atoms with Crippen molar-refractivity contribution < 1.29 is 4.42 Å². The van der Waals surface area contributed by atoms with Crippen molar-refractivity contribution in [2.45, 2.75) is 26.3 Å². The lowest BCUT2D eigenvalue weighted by Gasteiger charge is -2.48. The van der Waals surface area contributed by atoms with E-state index in [1.165, 1.54) is 22.1 Å². The maximum absolute atomic E-state index is 6.09. The predicted molar refractivity (Wildman–Crippen MR) is 93.7 cm³/mol. The smallest absolute Gasteiger partial charge is 0.135 e. The SMILES string of the molecule is CC1=CC2N(C=C1)C=CC1=Cc3oc4ccccc4c3CC12C. The summed E-state index contributed by atoms with van der Waals surface area (Å²) in [5.41, 5.74) is 5.12. The molecule has 0 radical (unpaired) electrons. The normalized spacial score (nSPS) is 28.1. The van der Waals surface area contributed by atoms with Crippen molar-refractivity contribution in [3.63, 3.8) is 0 Å². The monoisotopic (exact) mass is 301 g/mol. The van der Waals surface area contributed by atoms with Crippen LogP contribution in [0.1, 0.15) is 25.2 Å². The van der Waals surface area contributed by atoms with Gasteiger partial charge in [0.2, 0.25) is 0 Å². The molecule has 1 aliphatic carbocycles. The maximum atomic E-state index is 6.09. The van der Waals surface area contributed by atoms with Gasteiger partial charge in [0.25, 0.3) is 0 Å². The van der Waals surface area contributed by atoms with Crippen LogP contribution in [0.25, 0.3) is 17.0 Å². The summed E-state index contributed by atoms with van der Waals surface area (Å²) in [4.78, 5) is 2.33. The number of para-hydroxylation sites is 1. The largest absolute Gasteiger partial charge is 0.456 e. The molecule has 3 aliphatic rings. The van der Waals surface area contributed by atoms with Gasteiger partial charge in [-0.25, -0.2) is 0 Å². The first-order valence-electron chi connectivity index (χ1n) is 8.20. The topological polar surface area (TPSA) is 16.4 Å². The second-order valence-corrected chi connectivity index (χ2v) is 7.07. The van der Waals surface area contributed by atoms with E-state index < -0.39 is 0 Å². The molecular weight excluding hydrogens is 282 g/mol. The van der Waals surface area contributed by atoms with Crippen molar-refractivity contribution in [1.82, 2.24) is 4.90 Å². The van der Waals surface area contributed by atoms with Gasteiger partial charge in [-0.3, -0.25) is 0 Å². The van der Waals surface area contributed by atoms with Gasteiger partial charge in [0.15, 0.2) is 0 Å². The minimum Gasteiger partial charge on any atom is -0.456 e. The third-order valence-electron chi connectivity index (χ3n) is 5.55. The number of nitrogens with zero attached hydrogens (tertiary/aromatic N) is 1. The quantitative estimate of drug-likeness (QED) is 0.677. The van der Waals surface area contributed by atoms with E-state index in [0.29, 0.717) is 6.04 Å². The van der Waals surface area contributed by atoms with Gasteiger partial charge in [0.05, 0.1) is 6.04 Å². The molecule has 0 spiro atoms. The van der Waals surface area contributed by atoms with Gasteiger partial charge in [-0.15, -0.1) is 0 Å². The van der Waals surface area contributed by atoms with Crippen LogP contribution in [0.4, 0.5) is 0 Å². The standard InChI is InChI=1S/C21H19NO/c1-14-7-9-22-10-8-15-12-19-17(13-21(15,2)20(22)11-14)16-5-3-4-6-18(16)23-19/h3-12,20H,13H2,1-2H3. The fourth-order valence-corrected chi connectivity index (χ4v) is 4.21. The highest BCUT2D eigenvalue weighted by molar-refractivity contribution is 5.86. The first-order chi connectivity index (χ1) is 11.1. The first-order valence-corrected chi connectivity index (χ1v) is 8.20. The Labute approximate surface area is 136 Å². The Balaban J connectivity index is 1.72. The van der Waals surface area contributed by atoms with Crippen LogP contribution in [0.15, 0.2) is 70.5 Å². The van der Waals surface area contributed by atoms with Gasteiger partial charge in [0, 0.05) is 28.8 Å². The molecule has 114 valence electrons. The molecule has 1 aromatic carbocycles. The molecule has 0 amide bonds. The van der Waals surface area contributed by atoms with Gasteiger partial charge in [-0.1, -0.05) is 36.8 Å². The van der Waals surface area contributed by atoms with Gasteiger partial charge >= 0.3 is 0 Å². The zero-order valence-corrected chi connectivity index (χ0v) is 13.4. The highest BCUT2D eigenvalue weighted by Gasteiger charge is 2.44. The highest BCUT2D eigenvalue weighted by atomic mass is 16.3. The van der Waals surface area contributed by atoms with E-state index in [4.69, 9.17) is 4.42 Å². The van der Waals surface area contributed by atoms with E-state index in [1.807, 2.05) is 6.07 Å². The van der Waals surface area contributed by atoms with Crippen LogP contribution in [-0.4, -0.2) is 10.9 Å². The van der Waals surface area contributed by atoms with E-state index >= 15 is 0 Å². The van der Waals surface area contributed by atoms with Crippen LogP contribution >= 0.6 is 0 Å². The Morgan fingerprint density at radius 2 is 2.00 bits per heavy atom. The summed E-state index contributed by atoms with van der Waals surface area (Å²) < 4.78 is 6.09. The minimum atomic E-state index is 0.0699. The molecule has 3 heterocycles. The molecule has 2 heteroatoms. The van der Waals surface area contributed by atoms with E-state index in [1.54, 1.807) is 0 Å². The predicted octanol–water partition coefficient (Wildman–Crippen LogP) is 5.05. The lowest BCUT2D eigenvalue weighted by molar-refractivity contribution is 0.216. The Morgan fingerprint density at radius 1 is 1.17 bits per heavy atom. The van der Waals surface area contributed by atoms with Crippen LogP contribution in [0, 0.1) is 5.41 Å². The summed E-state index contributed by atoms with van der Waals surface area (Å²) >= 11 is 0. The summed E-state index contributed by atoms with van der Waals surface area (Å²) in [6.45, 7) is 4.56. The molecule has 0 bridgehead atoms. The summed E-state index contributed by atoms with van der Waals surface area (Å²) in [6.07, 6.45) is 14.5. The fourth-order valence-electron chi connectivity index (χ4n) is 4.21. The average molecular weight is 301 g/mol. The lowest BCUT2D eigenvalue weighted by Crippen LogP contribution is -2.47. The van der Waals surface area contributed by atoms with Crippen molar-refractivity contribution in [2.75, 3.05) is 0 Å². The molecule has 1 aromatic heterocycles. The molecule has 0 fully saturated rings. The molecule has 2 nitrogen and oxygen atoms in total. The third kappa shape index (κ3) is 1.69. The maximum Gasteiger partial charge on any atom is 0.135 e. The van der Waals surface area contributed by atoms with E-state index in [9.17, 15) is 0 Å². The van der Waals surface area contributed by atoms with Crippen LogP contribution < -0.4 is 0 Å². The summed E-state index contributed by atoms with van der Waals surface area (Å²) in [5, 5.41) is 1.26. The molecule has 5 rings (SSSR count). The summed E-state index contributed by atoms with van der Waals surface area (Å²) in [7, 11) is 0. The van der Waals surface area contributed by atoms with Crippen molar-refractivity contribution >= 4 is 17.0 Å². The second kappa shape index (κ2) is 4.29. The number of rotatable bonds is 0. The lowest BCUT2D eigenvalue weighted by atomic mass is 9.65. The molecule has 0 saturated heterocycles. The Morgan fingerprint density at radius 3 is 2.91 bits per heavy atom. The summed E-state index contributed by atoms with van der Waals surface area (Å²) in [6, 6.07) is 8.75. The van der Waals surface area contributed by atoms with Gasteiger partial charge in [-0.2, -0.15) is 0 Å². The molecule has 23 heavy (non-hydrogen) atoms. The van der Waals surface area contributed by atoms with E-state index in [0.717, 1.165) is 17.8 Å². The minimum absolute atomic E-state index is 0.0699. The Kier molecular flexibility index (Phi) is 2.42. The molecule has 0 saturated carbocycles. The Bertz CT molecular complexity index is 940. The molecular formula is C21H19NO. The second-order valence-electron chi connectivity index (χ2n) is 7.07. The zero-order chi connectivity index (χ0) is 15.6. The molecule has 0 N–H and O–H groups in total. The van der Waals surface area contributed by atoms with Crippen LogP contribution in [0.5, 0.6) is 0 Å². The molecule has 2 atom stereocenters. The van der Waals surface area contributed by atoms with Crippen molar-refractivity contribution in [3.05, 3.63) is 77.4 Å². The molecule has 2 aliphatic heterocycles. The van der Waals surface area contributed by atoms with Gasteiger partial charge < -0.3 is 9.32 Å². The number of hydrogen-bond donors (Lipinski definition) is 0. The number of fused-ring (bicyclic) bond motifs is 6. The van der Waals surface area contributed by atoms with Crippen LogP contribution in [-0.2, 0) is 6.42 Å². The van der Waals surface area contributed by atoms with Crippen molar-refractivity contribution in [1.29, 1.82) is 0 Å². The third-order valence-corrected chi connectivity index (χ3v) is 5.55. The molecule has 2 aromatic rings. The number of benzene rings is 1. The molecule has 2 unspecified atom stereocenters. The fraction of sp³-hybridized carbons (Fsp3) is 0.238. The first kappa shape index (κ1) is 13.0. The van der Waals surface area contributed by atoms with Gasteiger partial charge in [-0.05, 0) is 43.2 Å². The number of allylic oxidation sites excluding steroid dienone is 3. The van der Waals surface area contributed by atoms with E-state index in [2.05, 4.69) is 73.7 Å². The highest BCUT2D eigenvalue weighted by Crippen LogP contribution is 2.49. The van der Waals surface area contributed by atoms with Crippen molar-refractivity contribution in [3.8, 4) is 0 Å². The van der Waals surface area contributed by atoms with Crippen LogP contribution in [0.2, 0.25) is 0 Å². The average Bonchev–Trinajstić information content (AvgIpc) is 2.90. The van der Waals surface area contributed by atoms with Crippen LogP contribution in [0.3, 0.4) is 0 Å².